The summed E-state index contributed by atoms with van der Waals surface area (Å²) >= 11 is 0. The molecule has 0 aliphatic carbocycles. The van der Waals surface area contributed by atoms with Crippen LogP contribution in [0.1, 0.15) is 43.7 Å². The molecule has 0 atom stereocenters. The average molecular weight is 330 g/mol. The second-order valence-electron chi connectivity index (χ2n) is 5.70. The van der Waals surface area contributed by atoms with E-state index < -0.39 is 0 Å². The zero-order valence-corrected chi connectivity index (χ0v) is 14.2. The number of rotatable bonds is 11. The number of aliphatic hydroxyl groups excluding tert-OH is 1. The van der Waals surface area contributed by atoms with Crippen LogP contribution in [0.2, 0.25) is 0 Å². The molecule has 2 rings (SSSR count). The molecule has 2 aromatic rings. The lowest BCUT2D eigenvalue weighted by atomic mass is 10.2. The third-order valence-corrected chi connectivity index (χ3v) is 3.68. The van der Waals surface area contributed by atoms with E-state index in [0.717, 1.165) is 29.9 Å². The Morgan fingerprint density at radius 2 is 1.46 bits per heavy atom. The highest BCUT2D eigenvalue weighted by molar-refractivity contribution is 5.27. The summed E-state index contributed by atoms with van der Waals surface area (Å²) in [6, 6.07) is 15.0. The molecule has 0 unspecified atom stereocenters. The highest BCUT2D eigenvalue weighted by Crippen LogP contribution is 2.16. The SMILES string of the molecule is CCCCCCOc1ccc(COOc2ccc(CO)cc2)cc1. The minimum Gasteiger partial charge on any atom is -0.494 e. The van der Waals surface area contributed by atoms with Crippen LogP contribution in [0.5, 0.6) is 11.5 Å². The van der Waals surface area contributed by atoms with Crippen LogP contribution in [-0.4, -0.2) is 11.7 Å². The van der Waals surface area contributed by atoms with Crippen molar-refractivity contribution < 1.29 is 19.6 Å². The van der Waals surface area contributed by atoms with Crippen molar-refractivity contribution in [3.05, 3.63) is 59.7 Å². The Bertz CT molecular complexity index is 563. The summed E-state index contributed by atoms with van der Waals surface area (Å²) in [6.07, 6.45) is 4.82. The van der Waals surface area contributed by atoms with E-state index >= 15 is 0 Å². The molecular formula is C20H26O4. The molecule has 0 amide bonds. The van der Waals surface area contributed by atoms with Gasteiger partial charge in [-0.15, -0.1) is 0 Å². The molecule has 0 aromatic heterocycles. The van der Waals surface area contributed by atoms with Crippen molar-refractivity contribution in [2.75, 3.05) is 6.61 Å². The third kappa shape index (κ3) is 6.60. The van der Waals surface area contributed by atoms with E-state index in [0.29, 0.717) is 12.4 Å². The molecule has 0 heterocycles. The van der Waals surface area contributed by atoms with Gasteiger partial charge in [-0.05, 0) is 41.8 Å². The summed E-state index contributed by atoms with van der Waals surface area (Å²) in [5.74, 6) is 1.50. The van der Waals surface area contributed by atoms with E-state index in [1.165, 1.54) is 19.3 Å². The summed E-state index contributed by atoms with van der Waals surface area (Å²) in [6.45, 7) is 3.35. The largest absolute Gasteiger partial charge is 0.494 e. The van der Waals surface area contributed by atoms with Crippen LogP contribution in [0, 0.1) is 0 Å². The van der Waals surface area contributed by atoms with Gasteiger partial charge >= 0.3 is 0 Å². The molecule has 0 aliphatic heterocycles. The van der Waals surface area contributed by atoms with Crippen LogP contribution in [0.15, 0.2) is 48.5 Å². The number of ether oxygens (including phenoxy) is 1. The zero-order valence-electron chi connectivity index (χ0n) is 14.2. The molecular weight excluding hydrogens is 304 g/mol. The number of benzene rings is 2. The fraction of sp³-hybridized carbons (Fsp3) is 0.400. The molecule has 0 spiro atoms. The Morgan fingerprint density at radius 1 is 0.792 bits per heavy atom. The topological polar surface area (TPSA) is 47.9 Å². The van der Waals surface area contributed by atoms with E-state index in [4.69, 9.17) is 19.6 Å². The van der Waals surface area contributed by atoms with Gasteiger partial charge in [-0.25, -0.2) is 0 Å². The third-order valence-electron chi connectivity index (χ3n) is 3.68. The highest BCUT2D eigenvalue weighted by Gasteiger charge is 1.99. The van der Waals surface area contributed by atoms with Crippen LogP contribution < -0.4 is 9.62 Å². The standard InChI is InChI=1S/C20H26O4/c1-2-3-4-5-14-22-19-10-8-18(9-11-19)16-23-24-20-12-6-17(15-21)7-13-20/h6-13,21H,2-5,14-16H2,1H3. The second-order valence-corrected chi connectivity index (χ2v) is 5.70. The van der Waals surface area contributed by atoms with Crippen LogP contribution in [-0.2, 0) is 18.1 Å². The van der Waals surface area contributed by atoms with E-state index in [1.54, 1.807) is 24.3 Å². The van der Waals surface area contributed by atoms with Gasteiger partial charge in [0.25, 0.3) is 0 Å². The molecule has 0 radical (unpaired) electrons. The van der Waals surface area contributed by atoms with Gasteiger partial charge in [0, 0.05) is 0 Å². The van der Waals surface area contributed by atoms with Crippen molar-refractivity contribution in [1.82, 2.24) is 0 Å². The summed E-state index contributed by atoms with van der Waals surface area (Å²) < 4.78 is 5.71. The molecule has 2 aromatic carbocycles. The van der Waals surface area contributed by atoms with Crippen molar-refractivity contribution in [3.8, 4) is 11.5 Å². The van der Waals surface area contributed by atoms with Crippen molar-refractivity contribution >= 4 is 0 Å². The van der Waals surface area contributed by atoms with Crippen molar-refractivity contribution in [2.24, 2.45) is 0 Å². The van der Waals surface area contributed by atoms with E-state index in [9.17, 15) is 0 Å². The van der Waals surface area contributed by atoms with Crippen molar-refractivity contribution in [1.29, 1.82) is 0 Å². The maximum Gasteiger partial charge on any atom is 0.165 e. The minimum atomic E-state index is 0.0220. The van der Waals surface area contributed by atoms with Gasteiger partial charge in [0.05, 0.1) is 13.2 Å². The van der Waals surface area contributed by atoms with Gasteiger partial charge in [0.15, 0.2) is 5.75 Å². The quantitative estimate of drug-likeness (QED) is 0.370. The Morgan fingerprint density at radius 3 is 2.12 bits per heavy atom. The molecule has 0 aliphatic rings. The predicted molar refractivity (Wildman–Crippen MR) is 93.9 cm³/mol. The number of hydrogen-bond donors (Lipinski definition) is 1. The smallest absolute Gasteiger partial charge is 0.165 e. The normalized spacial score (nSPS) is 10.6. The lowest BCUT2D eigenvalue weighted by Gasteiger charge is -2.08. The van der Waals surface area contributed by atoms with Crippen molar-refractivity contribution in [2.45, 2.75) is 45.8 Å². The van der Waals surface area contributed by atoms with E-state index in [2.05, 4.69) is 6.92 Å². The predicted octanol–water partition coefficient (Wildman–Crippen LogP) is 4.65. The first-order chi connectivity index (χ1) is 11.8. The number of hydrogen-bond acceptors (Lipinski definition) is 4. The van der Waals surface area contributed by atoms with Gasteiger partial charge in [-0.2, -0.15) is 4.89 Å². The van der Waals surface area contributed by atoms with E-state index in [1.807, 2.05) is 24.3 Å². The van der Waals surface area contributed by atoms with Crippen LogP contribution in [0.3, 0.4) is 0 Å². The fourth-order valence-corrected chi connectivity index (χ4v) is 2.22. The first-order valence-corrected chi connectivity index (χ1v) is 8.53. The van der Waals surface area contributed by atoms with E-state index in [-0.39, 0.29) is 6.61 Å². The zero-order chi connectivity index (χ0) is 17.0. The summed E-state index contributed by atoms with van der Waals surface area (Å²) in [4.78, 5) is 10.5. The Hall–Kier alpha value is -2.04. The number of aliphatic hydroxyl groups is 1. The molecule has 4 nitrogen and oxygen atoms in total. The summed E-state index contributed by atoms with van der Waals surface area (Å²) in [5.41, 5.74) is 1.85. The molecule has 0 fully saturated rings. The second kappa shape index (κ2) is 10.7. The molecule has 1 N–H and O–H groups in total. The van der Waals surface area contributed by atoms with Crippen LogP contribution >= 0.6 is 0 Å². The molecule has 130 valence electrons. The van der Waals surface area contributed by atoms with Gasteiger partial charge in [0.2, 0.25) is 0 Å². The van der Waals surface area contributed by atoms with Gasteiger partial charge in [-0.3, -0.25) is 0 Å². The monoisotopic (exact) mass is 330 g/mol. The molecule has 0 saturated carbocycles. The Balaban J connectivity index is 1.67. The molecule has 0 saturated heterocycles. The average Bonchev–Trinajstić information content (AvgIpc) is 2.63. The fourth-order valence-electron chi connectivity index (χ4n) is 2.22. The van der Waals surface area contributed by atoms with Gasteiger partial charge in [-0.1, -0.05) is 50.5 Å². The summed E-state index contributed by atoms with van der Waals surface area (Å²) in [7, 11) is 0. The van der Waals surface area contributed by atoms with Crippen LogP contribution in [0.4, 0.5) is 0 Å². The molecule has 0 bridgehead atoms. The maximum absolute atomic E-state index is 8.99. The van der Waals surface area contributed by atoms with Crippen molar-refractivity contribution in [3.63, 3.8) is 0 Å². The minimum absolute atomic E-state index is 0.0220. The Kier molecular flexibility index (Phi) is 8.15. The first-order valence-electron chi connectivity index (χ1n) is 8.53. The molecule has 24 heavy (non-hydrogen) atoms. The lowest BCUT2D eigenvalue weighted by Crippen LogP contribution is -1.99. The maximum atomic E-state index is 8.99. The highest BCUT2D eigenvalue weighted by atomic mass is 17.2. The lowest BCUT2D eigenvalue weighted by molar-refractivity contribution is -0.217. The van der Waals surface area contributed by atoms with Crippen LogP contribution in [0.25, 0.3) is 0 Å². The number of unbranched alkanes of at least 4 members (excludes halogenated alkanes) is 3. The Labute approximate surface area is 143 Å². The summed E-state index contributed by atoms with van der Waals surface area (Å²) in [5, 5.41) is 8.99. The van der Waals surface area contributed by atoms with Gasteiger partial charge in [0.1, 0.15) is 12.4 Å². The van der Waals surface area contributed by atoms with Gasteiger partial charge < -0.3 is 14.7 Å². The molecule has 4 heteroatoms. The first kappa shape index (κ1) is 18.3.